The van der Waals surface area contributed by atoms with Crippen LogP contribution in [0.5, 0.6) is 5.75 Å². The van der Waals surface area contributed by atoms with Gasteiger partial charge in [-0.1, -0.05) is 60.7 Å². The maximum atomic E-state index is 9.88. The fourth-order valence-electron chi connectivity index (χ4n) is 2.96. The van der Waals surface area contributed by atoms with Crippen molar-refractivity contribution >= 4 is 45.3 Å². The van der Waals surface area contributed by atoms with Crippen molar-refractivity contribution in [3.8, 4) is 5.75 Å². The summed E-state index contributed by atoms with van der Waals surface area (Å²) in [6.07, 6.45) is 4.59. The Morgan fingerprint density at radius 1 is 1.03 bits per heavy atom. The smallest absolute Gasteiger partial charge is 0.159 e. The number of nitrogens with one attached hydrogen (secondary N) is 2. The molecule has 5 nitrogen and oxygen atoms in total. The first-order valence-electron chi connectivity index (χ1n) is 12.1. The maximum absolute atomic E-state index is 9.88. The van der Waals surface area contributed by atoms with Crippen LogP contribution in [0.4, 0.5) is 0 Å². The number of phenols is 1. The number of carbonyl (C=O) groups is 1. The van der Waals surface area contributed by atoms with E-state index >= 15 is 0 Å². The minimum atomic E-state index is 0.252. The highest BCUT2D eigenvalue weighted by atomic mass is 79.9. The zero-order chi connectivity index (χ0) is 28.3. The number of allylic oxidation sites excluding steroid dienone is 5. The standard InChI is InChI=1S/C20H24N2O.C6H10BrN.C5H4OS/c1-15(19-6-4-5-7-20(19)23)12-16(2)22-14-18-10-8-17(9-11-18)13-21-3;1-5(2)6(7)4-8-3;6-4-5-2-1-3-7-5/h4-12,21-23H,1,13-14H2,2-3H3;4H,1-3H3;1-4H/b16-12+;;. The van der Waals surface area contributed by atoms with Crippen LogP contribution in [0, 0.1) is 0 Å². The van der Waals surface area contributed by atoms with E-state index < -0.39 is 0 Å². The molecule has 202 valence electrons. The van der Waals surface area contributed by atoms with Gasteiger partial charge in [-0.05, 0) is 84.0 Å². The number of benzene rings is 2. The van der Waals surface area contributed by atoms with Gasteiger partial charge in [-0.2, -0.15) is 0 Å². The summed E-state index contributed by atoms with van der Waals surface area (Å²) in [5.41, 5.74) is 6.30. The first kappa shape index (κ1) is 32.8. The molecule has 0 aliphatic heterocycles. The van der Waals surface area contributed by atoms with Gasteiger partial charge in [0.05, 0.1) is 4.88 Å². The van der Waals surface area contributed by atoms with E-state index in [9.17, 15) is 9.90 Å². The lowest BCUT2D eigenvalue weighted by atomic mass is 10.1. The van der Waals surface area contributed by atoms with Crippen LogP contribution < -0.4 is 10.6 Å². The number of phenolic OH excluding ortho intramolecular Hbond substituents is 1. The van der Waals surface area contributed by atoms with Crippen LogP contribution in [0.15, 0.2) is 99.4 Å². The summed E-state index contributed by atoms with van der Waals surface area (Å²) in [6, 6.07) is 19.4. The molecule has 0 saturated carbocycles. The molecule has 1 aromatic heterocycles. The van der Waals surface area contributed by atoms with E-state index in [0.717, 1.165) is 45.6 Å². The molecule has 0 radical (unpaired) electrons. The highest BCUT2D eigenvalue weighted by Gasteiger charge is 2.02. The third-order valence-electron chi connectivity index (χ3n) is 5.00. The number of thiophene rings is 1. The Bertz CT molecular complexity index is 1210. The second-order valence-electron chi connectivity index (χ2n) is 8.44. The summed E-state index contributed by atoms with van der Waals surface area (Å²) in [4.78, 5) is 14.5. The van der Waals surface area contributed by atoms with Crippen LogP contribution in [0.2, 0.25) is 0 Å². The largest absolute Gasteiger partial charge is 0.507 e. The highest BCUT2D eigenvalue weighted by molar-refractivity contribution is 9.12. The van der Waals surface area contributed by atoms with Crippen molar-refractivity contribution in [2.45, 2.75) is 33.9 Å². The number of carbonyl (C=O) groups excluding carboxylic acids is 1. The Morgan fingerprint density at radius 3 is 2.11 bits per heavy atom. The Kier molecular flexibility index (Phi) is 16.3. The van der Waals surface area contributed by atoms with Crippen LogP contribution >= 0.6 is 27.3 Å². The second-order valence-corrected chi connectivity index (χ2v) is 10.3. The Morgan fingerprint density at radius 2 is 1.66 bits per heavy atom. The molecule has 3 aromatic rings. The van der Waals surface area contributed by atoms with E-state index in [0.29, 0.717) is 0 Å². The number of halogens is 1. The minimum absolute atomic E-state index is 0.252. The molecule has 0 spiro atoms. The molecule has 0 aliphatic rings. The summed E-state index contributed by atoms with van der Waals surface area (Å²) >= 11 is 4.79. The molecule has 7 heteroatoms. The molecular formula is C31H38BrN3O2S. The predicted octanol–water partition coefficient (Wildman–Crippen LogP) is 7.75. The molecular weight excluding hydrogens is 558 g/mol. The molecule has 0 saturated heterocycles. The van der Waals surface area contributed by atoms with Crippen molar-refractivity contribution in [1.29, 1.82) is 0 Å². The monoisotopic (exact) mass is 595 g/mol. The van der Waals surface area contributed by atoms with E-state index in [1.54, 1.807) is 31.5 Å². The third kappa shape index (κ3) is 13.3. The van der Waals surface area contributed by atoms with Gasteiger partial charge in [0, 0.05) is 42.1 Å². The Labute approximate surface area is 239 Å². The lowest BCUT2D eigenvalue weighted by Crippen LogP contribution is -2.11. The van der Waals surface area contributed by atoms with E-state index in [1.165, 1.54) is 28.0 Å². The van der Waals surface area contributed by atoms with Gasteiger partial charge in [-0.25, -0.2) is 0 Å². The molecule has 38 heavy (non-hydrogen) atoms. The molecule has 0 amide bonds. The number of rotatable bonds is 9. The number of aliphatic imine (C=N–C) groups is 1. The third-order valence-corrected chi connectivity index (χ3v) is 6.79. The summed E-state index contributed by atoms with van der Waals surface area (Å²) < 4.78 is 1.07. The van der Waals surface area contributed by atoms with Gasteiger partial charge in [0.2, 0.25) is 0 Å². The lowest BCUT2D eigenvalue weighted by molar-refractivity contribution is 0.112. The molecule has 0 atom stereocenters. The van der Waals surface area contributed by atoms with E-state index in [2.05, 4.69) is 62.4 Å². The van der Waals surface area contributed by atoms with Crippen molar-refractivity contribution < 1.29 is 9.90 Å². The second kappa shape index (κ2) is 18.9. The number of aromatic hydroxyl groups is 1. The van der Waals surface area contributed by atoms with Gasteiger partial charge in [-0.15, -0.1) is 11.3 Å². The fraction of sp³-hybridized carbons (Fsp3) is 0.226. The summed E-state index contributed by atoms with van der Waals surface area (Å²) in [5.74, 6) is 0.252. The number of aldehydes is 1. The molecule has 3 rings (SSSR count). The van der Waals surface area contributed by atoms with E-state index in [1.807, 2.05) is 57.5 Å². The summed E-state index contributed by atoms with van der Waals surface area (Å²) in [7, 11) is 3.70. The highest BCUT2D eigenvalue weighted by Crippen LogP contribution is 2.24. The number of para-hydroxylation sites is 1. The first-order chi connectivity index (χ1) is 18.2. The first-order valence-corrected chi connectivity index (χ1v) is 13.7. The minimum Gasteiger partial charge on any atom is -0.507 e. The van der Waals surface area contributed by atoms with E-state index in [4.69, 9.17) is 0 Å². The normalized spacial score (nSPS) is 10.5. The van der Waals surface area contributed by atoms with E-state index in [-0.39, 0.29) is 5.75 Å². The molecule has 2 aromatic carbocycles. The summed E-state index contributed by atoms with van der Waals surface area (Å²) in [5, 5.41) is 18.2. The van der Waals surface area contributed by atoms with Crippen molar-refractivity contribution in [3.05, 3.63) is 116 Å². The van der Waals surface area contributed by atoms with Crippen molar-refractivity contribution in [2.75, 3.05) is 14.1 Å². The molecule has 3 N–H and O–H groups in total. The number of hydrogen-bond acceptors (Lipinski definition) is 6. The van der Waals surface area contributed by atoms with Crippen LogP contribution in [-0.4, -0.2) is 31.7 Å². The van der Waals surface area contributed by atoms with Gasteiger partial charge in [0.1, 0.15) is 5.75 Å². The molecule has 0 unspecified atom stereocenters. The number of hydrogen-bond donors (Lipinski definition) is 3. The number of nitrogens with zero attached hydrogens (tertiary/aromatic N) is 1. The van der Waals surface area contributed by atoms with Crippen LogP contribution in [0.25, 0.3) is 5.57 Å². The van der Waals surface area contributed by atoms with Crippen molar-refractivity contribution in [1.82, 2.24) is 10.6 Å². The van der Waals surface area contributed by atoms with Gasteiger partial charge in [-0.3, -0.25) is 9.79 Å². The summed E-state index contributed by atoms with van der Waals surface area (Å²) in [6.45, 7) is 11.7. The van der Waals surface area contributed by atoms with Crippen LogP contribution in [-0.2, 0) is 13.1 Å². The molecule has 0 fully saturated rings. The van der Waals surface area contributed by atoms with Gasteiger partial charge < -0.3 is 15.7 Å². The van der Waals surface area contributed by atoms with Gasteiger partial charge >= 0.3 is 0 Å². The SMILES string of the molecule is C=C(/C=C(\C)NCc1ccc(CNC)cc1)c1ccccc1O.CN=CC(Br)=C(C)C.O=Cc1cccs1. The zero-order valence-corrected chi connectivity index (χ0v) is 25.2. The van der Waals surface area contributed by atoms with Crippen molar-refractivity contribution in [2.24, 2.45) is 4.99 Å². The fourth-order valence-corrected chi connectivity index (χ4v) is 3.69. The Hall–Kier alpha value is -3.26. The molecule has 1 heterocycles. The topological polar surface area (TPSA) is 73.7 Å². The van der Waals surface area contributed by atoms with Gasteiger partial charge in [0.25, 0.3) is 0 Å². The molecule has 0 aliphatic carbocycles. The Balaban J connectivity index is 0.000000391. The zero-order valence-electron chi connectivity index (χ0n) is 22.8. The van der Waals surface area contributed by atoms with Crippen LogP contribution in [0.3, 0.4) is 0 Å². The molecule has 0 bridgehead atoms. The lowest BCUT2D eigenvalue weighted by Gasteiger charge is -2.10. The van der Waals surface area contributed by atoms with Gasteiger partial charge in [0.15, 0.2) is 6.29 Å². The predicted molar refractivity (Wildman–Crippen MR) is 168 cm³/mol. The average Bonchev–Trinajstić information content (AvgIpc) is 3.44. The van der Waals surface area contributed by atoms with Crippen molar-refractivity contribution in [3.63, 3.8) is 0 Å². The average molecular weight is 597 g/mol. The van der Waals surface area contributed by atoms with Crippen LogP contribution in [0.1, 0.15) is 47.1 Å². The maximum Gasteiger partial charge on any atom is 0.159 e. The quantitative estimate of drug-likeness (QED) is 0.134.